The Balaban J connectivity index is 0.00000149. The number of ether oxygens (including phenoxy) is 1. The first kappa shape index (κ1) is 25.5. The minimum Gasteiger partial charge on any atom is -0.400 e. The second-order valence-electron chi connectivity index (χ2n) is 7.98. The van der Waals surface area contributed by atoms with Crippen molar-refractivity contribution in [1.82, 2.24) is 9.97 Å². The van der Waals surface area contributed by atoms with Crippen LogP contribution < -0.4 is 26.4 Å². The molecule has 1 aliphatic carbocycles. The minimum absolute atomic E-state index is 0.338. The van der Waals surface area contributed by atoms with Gasteiger partial charge in [0.15, 0.2) is 0 Å². The van der Waals surface area contributed by atoms with Gasteiger partial charge in [-0.2, -0.15) is 4.98 Å². The SMILES string of the molecule is CO.NSOCC1CCC(Nc2nccc(NC(N)c3cccc(N4CCOCC4)c3)n2)C1. The molecule has 4 rings (SSSR count). The molecule has 182 valence electrons. The number of aliphatic hydroxyl groups is 1. The molecule has 2 aliphatic rings. The largest absolute Gasteiger partial charge is 0.400 e. The molecule has 2 aromatic rings. The third-order valence-corrected chi connectivity index (χ3v) is 6.08. The molecule has 11 heteroatoms. The maximum atomic E-state index is 7.00. The van der Waals surface area contributed by atoms with E-state index in [1.165, 1.54) is 0 Å². The number of hydrogen-bond acceptors (Lipinski definition) is 11. The summed E-state index contributed by atoms with van der Waals surface area (Å²) < 4.78 is 10.7. The Morgan fingerprint density at radius 1 is 1.27 bits per heavy atom. The highest BCUT2D eigenvalue weighted by Gasteiger charge is 2.25. The van der Waals surface area contributed by atoms with Crippen LogP contribution in [0.4, 0.5) is 17.5 Å². The van der Waals surface area contributed by atoms with Gasteiger partial charge < -0.3 is 35.3 Å². The molecule has 10 nitrogen and oxygen atoms in total. The van der Waals surface area contributed by atoms with Crippen LogP contribution in [0, 0.1) is 5.92 Å². The quantitative estimate of drug-likeness (QED) is 0.206. The van der Waals surface area contributed by atoms with Crippen molar-refractivity contribution in [2.45, 2.75) is 31.5 Å². The van der Waals surface area contributed by atoms with E-state index in [1.54, 1.807) is 6.20 Å². The number of benzene rings is 1. The summed E-state index contributed by atoms with van der Waals surface area (Å²) >= 11 is 0.935. The third-order valence-electron chi connectivity index (χ3n) is 5.81. The first-order valence-corrected chi connectivity index (χ1v) is 12.0. The Kier molecular flexibility index (Phi) is 10.4. The molecule has 1 saturated carbocycles. The Labute approximate surface area is 199 Å². The third kappa shape index (κ3) is 7.70. The minimum atomic E-state index is -0.370. The molecule has 1 saturated heterocycles. The van der Waals surface area contributed by atoms with Crippen molar-refractivity contribution in [3.05, 3.63) is 42.1 Å². The van der Waals surface area contributed by atoms with Crippen LogP contribution in [0.2, 0.25) is 0 Å². The zero-order chi connectivity index (χ0) is 23.5. The van der Waals surface area contributed by atoms with E-state index in [-0.39, 0.29) is 6.17 Å². The average molecular weight is 478 g/mol. The van der Waals surface area contributed by atoms with E-state index in [1.807, 2.05) is 18.2 Å². The maximum absolute atomic E-state index is 7.00. The molecule has 33 heavy (non-hydrogen) atoms. The van der Waals surface area contributed by atoms with Crippen molar-refractivity contribution in [2.75, 3.05) is 55.6 Å². The number of aromatic nitrogens is 2. The topological polar surface area (TPSA) is 144 Å². The summed E-state index contributed by atoms with van der Waals surface area (Å²) in [6.07, 6.45) is 4.58. The van der Waals surface area contributed by atoms with Crippen molar-refractivity contribution in [3.63, 3.8) is 0 Å². The van der Waals surface area contributed by atoms with Crippen LogP contribution in [0.3, 0.4) is 0 Å². The lowest BCUT2D eigenvalue weighted by Gasteiger charge is -2.29. The Morgan fingerprint density at radius 3 is 2.88 bits per heavy atom. The van der Waals surface area contributed by atoms with E-state index in [0.29, 0.717) is 30.3 Å². The number of rotatable bonds is 9. The monoisotopic (exact) mass is 477 g/mol. The summed E-state index contributed by atoms with van der Waals surface area (Å²) in [5.41, 5.74) is 8.61. The summed E-state index contributed by atoms with van der Waals surface area (Å²) in [6.45, 7) is 3.98. The molecule has 2 fully saturated rings. The highest BCUT2D eigenvalue weighted by Crippen LogP contribution is 2.28. The van der Waals surface area contributed by atoms with Crippen LogP contribution in [-0.2, 0) is 8.92 Å². The van der Waals surface area contributed by atoms with E-state index in [2.05, 4.69) is 37.6 Å². The highest BCUT2D eigenvalue weighted by molar-refractivity contribution is 7.92. The van der Waals surface area contributed by atoms with Crippen molar-refractivity contribution in [2.24, 2.45) is 16.8 Å². The van der Waals surface area contributed by atoms with E-state index >= 15 is 0 Å². The molecular formula is C22H35N7O3S. The standard InChI is InChI=1S/C21H31N7O2S.CH4O/c22-20(16-2-1-3-18(13-16)28-8-10-29-11-9-28)26-19-6-7-24-21(27-19)25-17-5-4-15(12-17)14-30-31-23;1-2/h1-3,6-7,13,15,17,20H,4-5,8-12,14,22-23H2,(H2,24,25,26,27);2H,1H3. The Hall–Kier alpha value is -2.15. The number of nitrogens with two attached hydrogens (primary N) is 2. The Morgan fingerprint density at radius 2 is 2.09 bits per heavy atom. The van der Waals surface area contributed by atoms with Gasteiger partial charge in [-0.3, -0.25) is 5.14 Å². The first-order chi connectivity index (χ1) is 16.2. The molecule has 0 spiro atoms. The number of aliphatic hydroxyl groups excluding tert-OH is 1. The molecule has 3 unspecified atom stereocenters. The molecule has 0 amide bonds. The van der Waals surface area contributed by atoms with Crippen LogP contribution in [0.5, 0.6) is 0 Å². The lowest BCUT2D eigenvalue weighted by molar-refractivity contribution is 0.122. The molecule has 1 aromatic carbocycles. The molecule has 1 aliphatic heterocycles. The fraction of sp³-hybridized carbons (Fsp3) is 0.545. The van der Waals surface area contributed by atoms with Gasteiger partial charge in [-0.15, -0.1) is 0 Å². The number of hydrogen-bond donors (Lipinski definition) is 5. The van der Waals surface area contributed by atoms with Gasteiger partial charge in [-0.25, -0.2) is 4.98 Å². The predicted octanol–water partition coefficient (Wildman–Crippen LogP) is 2.11. The van der Waals surface area contributed by atoms with Crippen molar-refractivity contribution >= 4 is 29.7 Å². The lowest BCUT2D eigenvalue weighted by Crippen LogP contribution is -2.36. The highest BCUT2D eigenvalue weighted by atomic mass is 32.2. The Bertz CT molecular complexity index is 841. The van der Waals surface area contributed by atoms with Crippen LogP contribution in [0.15, 0.2) is 36.5 Å². The summed E-state index contributed by atoms with van der Waals surface area (Å²) in [5.74, 6) is 1.82. The van der Waals surface area contributed by atoms with Crippen LogP contribution >= 0.6 is 12.2 Å². The van der Waals surface area contributed by atoms with Gasteiger partial charge in [0.05, 0.1) is 32.0 Å². The summed E-state index contributed by atoms with van der Waals surface area (Å²) in [7, 11) is 1.00. The van der Waals surface area contributed by atoms with Gasteiger partial charge >= 0.3 is 0 Å². The van der Waals surface area contributed by atoms with Crippen molar-refractivity contribution in [3.8, 4) is 0 Å². The molecule has 3 atom stereocenters. The average Bonchev–Trinajstić information content (AvgIpc) is 3.32. The predicted molar refractivity (Wildman–Crippen MR) is 133 cm³/mol. The van der Waals surface area contributed by atoms with Gasteiger partial charge in [-0.1, -0.05) is 12.1 Å². The molecular weight excluding hydrogens is 442 g/mol. The van der Waals surface area contributed by atoms with Gasteiger partial charge in [0, 0.05) is 38.1 Å². The van der Waals surface area contributed by atoms with Crippen LogP contribution in [0.1, 0.15) is 31.0 Å². The van der Waals surface area contributed by atoms with E-state index in [0.717, 1.165) is 76.2 Å². The normalized spacial score (nSPS) is 21.2. The van der Waals surface area contributed by atoms with Crippen LogP contribution in [-0.4, -0.2) is 61.1 Å². The van der Waals surface area contributed by atoms with Gasteiger partial charge in [0.25, 0.3) is 0 Å². The second kappa shape index (κ2) is 13.5. The lowest BCUT2D eigenvalue weighted by atomic mass is 10.1. The first-order valence-electron chi connectivity index (χ1n) is 11.2. The molecule has 2 heterocycles. The van der Waals surface area contributed by atoms with E-state index < -0.39 is 0 Å². The number of nitrogens with one attached hydrogen (secondary N) is 2. The van der Waals surface area contributed by atoms with Crippen molar-refractivity contribution in [1.29, 1.82) is 0 Å². The van der Waals surface area contributed by atoms with E-state index in [4.69, 9.17) is 24.9 Å². The molecule has 1 aromatic heterocycles. The van der Waals surface area contributed by atoms with E-state index in [9.17, 15) is 0 Å². The van der Waals surface area contributed by atoms with Gasteiger partial charge in [0.1, 0.15) is 12.0 Å². The van der Waals surface area contributed by atoms with Gasteiger partial charge in [0.2, 0.25) is 5.95 Å². The number of nitrogens with zero attached hydrogens (tertiary/aromatic N) is 3. The summed E-state index contributed by atoms with van der Waals surface area (Å²) in [4.78, 5) is 11.3. The molecule has 0 radical (unpaired) electrons. The summed E-state index contributed by atoms with van der Waals surface area (Å²) in [5, 5.41) is 19.1. The second-order valence-corrected chi connectivity index (χ2v) is 8.41. The fourth-order valence-corrected chi connectivity index (χ4v) is 4.43. The number of morpholine rings is 1. The maximum Gasteiger partial charge on any atom is 0.224 e. The van der Waals surface area contributed by atoms with Gasteiger partial charge in [-0.05, 0) is 48.9 Å². The zero-order valence-corrected chi connectivity index (χ0v) is 19.8. The number of anilines is 3. The van der Waals surface area contributed by atoms with Crippen molar-refractivity contribution < 1.29 is 14.0 Å². The molecule has 0 bridgehead atoms. The summed E-state index contributed by atoms with van der Waals surface area (Å²) in [6, 6.07) is 10.5. The fourth-order valence-electron chi connectivity index (χ4n) is 4.16. The molecule has 7 N–H and O–H groups in total. The smallest absolute Gasteiger partial charge is 0.224 e. The zero-order valence-electron chi connectivity index (χ0n) is 19.0. The van der Waals surface area contributed by atoms with Crippen LogP contribution in [0.25, 0.3) is 0 Å².